The van der Waals surface area contributed by atoms with Gasteiger partial charge >= 0.3 is 0 Å². The van der Waals surface area contributed by atoms with E-state index >= 15 is 0 Å². The molecule has 0 unspecified atom stereocenters. The summed E-state index contributed by atoms with van der Waals surface area (Å²) in [6, 6.07) is 17.5. The van der Waals surface area contributed by atoms with Gasteiger partial charge in [0.25, 0.3) is 15.9 Å². The second kappa shape index (κ2) is 6.70. The fourth-order valence-electron chi connectivity index (χ4n) is 2.29. The van der Waals surface area contributed by atoms with Gasteiger partial charge < -0.3 is 5.73 Å². The number of nitrogens with one attached hydrogen (secondary N) is 1. The van der Waals surface area contributed by atoms with E-state index in [2.05, 4.69) is 4.72 Å². The Labute approximate surface area is 150 Å². The summed E-state index contributed by atoms with van der Waals surface area (Å²) in [5.74, 6) is -0.681. The number of carbonyl (C=O) groups is 1. The molecule has 128 valence electrons. The lowest BCUT2D eigenvalue weighted by molar-refractivity contribution is 0.100. The minimum atomic E-state index is -3.80. The van der Waals surface area contributed by atoms with Crippen LogP contribution in [0.3, 0.4) is 0 Å². The van der Waals surface area contributed by atoms with Crippen LogP contribution in [0.15, 0.2) is 65.6 Å². The van der Waals surface area contributed by atoms with E-state index in [1.165, 1.54) is 23.5 Å². The number of sulfonamides is 1. The number of benzene rings is 2. The molecule has 25 heavy (non-hydrogen) atoms. The second-order valence-electron chi connectivity index (χ2n) is 5.50. The fourth-order valence-corrected chi connectivity index (χ4v) is 4.68. The number of carbonyl (C=O) groups excluding carboxylic acids is 1. The summed E-state index contributed by atoms with van der Waals surface area (Å²) < 4.78 is 27.6. The van der Waals surface area contributed by atoms with Crippen LogP contribution in [0.2, 0.25) is 0 Å². The molecule has 3 aromatic rings. The molecule has 3 rings (SSSR count). The van der Waals surface area contributed by atoms with Gasteiger partial charge in [0.15, 0.2) is 0 Å². The van der Waals surface area contributed by atoms with Gasteiger partial charge in [0.05, 0.1) is 10.5 Å². The lowest BCUT2D eigenvalue weighted by Crippen LogP contribution is -2.16. The normalized spacial score (nSPS) is 11.2. The first-order valence-electron chi connectivity index (χ1n) is 7.45. The first-order valence-corrected chi connectivity index (χ1v) is 9.75. The average molecular weight is 372 g/mol. The highest BCUT2D eigenvalue weighted by Gasteiger charge is 2.21. The van der Waals surface area contributed by atoms with Crippen LogP contribution in [0, 0.1) is 6.92 Å². The van der Waals surface area contributed by atoms with Crippen LogP contribution in [0.25, 0.3) is 10.4 Å². The number of nitrogens with two attached hydrogens (primary N) is 1. The Morgan fingerprint density at radius 2 is 1.68 bits per heavy atom. The molecule has 0 saturated heterocycles. The molecule has 5 nitrogen and oxygen atoms in total. The van der Waals surface area contributed by atoms with E-state index in [4.69, 9.17) is 5.73 Å². The molecule has 0 aliphatic heterocycles. The fraction of sp³-hybridized carbons (Fsp3) is 0.0556. The van der Waals surface area contributed by atoms with Crippen LogP contribution in [0.4, 0.5) is 5.00 Å². The van der Waals surface area contributed by atoms with Crippen LogP contribution >= 0.6 is 11.3 Å². The van der Waals surface area contributed by atoms with E-state index in [9.17, 15) is 13.2 Å². The first-order chi connectivity index (χ1) is 11.9. The lowest BCUT2D eigenvalue weighted by atomic mass is 10.1. The Morgan fingerprint density at radius 1 is 1.04 bits per heavy atom. The molecule has 0 spiro atoms. The van der Waals surface area contributed by atoms with Crippen molar-refractivity contribution in [3.05, 3.63) is 71.8 Å². The Balaban J connectivity index is 2.00. The largest absolute Gasteiger partial charge is 0.366 e. The van der Waals surface area contributed by atoms with Gasteiger partial charge in [-0.3, -0.25) is 9.52 Å². The number of rotatable bonds is 5. The van der Waals surface area contributed by atoms with Crippen LogP contribution in [0.5, 0.6) is 0 Å². The molecular formula is C18H16N2O3S2. The number of hydrogen-bond acceptors (Lipinski definition) is 4. The molecule has 7 heteroatoms. The summed E-state index contributed by atoms with van der Waals surface area (Å²) in [6.45, 7) is 1.88. The first kappa shape index (κ1) is 17.2. The minimum Gasteiger partial charge on any atom is -0.366 e. The number of anilines is 1. The number of amides is 1. The average Bonchev–Trinajstić information content (AvgIpc) is 2.99. The summed E-state index contributed by atoms with van der Waals surface area (Å²) in [7, 11) is -3.80. The van der Waals surface area contributed by atoms with E-state index < -0.39 is 15.9 Å². The molecule has 1 aromatic heterocycles. The van der Waals surface area contributed by atoms with E-state index in [1.807, 2.05) is 37.3 Å². The minimum absolute atomic E-state index is 0.128. The van der Waals surface area contributed by atoms with Crippen molar-refractivity contribution in [3.63, 3.8) is 0 Å². The highest BCUT2D eigenvalue weighted by Crippen LogP contribution is 2.36. The predicted octanol–water partition coefficient (Wildman–Crippen LogP) is 3.62. The molecule has 2 aromatic carbocycles. The zero-order valence-corrected chi connectivity index (χ0v) is 15.0. The van der Waals surface area contributed by atoms with Gasteiger partial charge in [0.1, 0.15) is 5.00 Å². The second-order valence-corrected chi connectivity index (χ2v) is 8.24. The molecule has 1 amide bonds. The quantitative estimate of drug-likeness (QED) is 0.717. The van der Waals surface area contributed by atoms with Crippen molar-refractivity contribution in [2.45, 2.75) is 11.8 Å². The molecule has 0 aliphatic carbocycles. The maximum atomic E-state index is 12.6. The van der Waals surface area contributed by atoms with Gasteiger partial charge in [-0.2, -0.15) is 0 Å². The Morgan fingerprint density at radius 3 is 2.28 bits per heavy atom. The zero-order chi connectivity index (χ0) is 18.0. The van der Waals surface area contributed by atoms with Gasteiger partial charge in [0, 0.05) is 4.88 Å². The monoisotopic (exact) mass is 372 g/mol. The van der Waals surface area contributed by atoms with Gasteiger partial charge in [-0.05, 0) is 30.7 Å². The van der Waals surface area contributed by atoms with Gasteiger partial charge in [0.2, 0.25) is 0 Å². The highest BCUT2D eigenvalue weighted by molar-refractivity contribution is 7.93. The number of primary amides is 1. The van der Waals surface area contributed by atoms with Crippen molar-refractivity contribution < 1.29 is 13.2 Å². The smallest absolute Gasteiger partial charge is 0.262 e. The summed E-state index contributed by atoms with van der Waals surface area (Å²) in [5.41, 5.74) is 7.41. The molecule has 0 aliphatic rings. The van der Waals surface area contributed by atoms with Gasteiger partial charge in [-0.15, -0.1) is 11.3 Å². The number of aryl methyl sites for hydroxylation is 1. The van der Waals surface area contributed by atoms with Gasteiger partial charge in [-0.25, -0.2) is 8.42 Å². The van der Waals surface area contributed by atoms with Crippen molar-refractivity contribution >= 4 is 32.3 Å². The predicted molar refractivity (Wildman–Crippen MR) is 100 cm³/mol. The van der Waals surface area contributed by atoms with Crippen molar-refractivity contribution in [1.29, 1.82) is 0 Å². The summed E-state index contributed by atoms with van der Waals surface area (Å²) in [5, 5.41) is 0.215. The van der Waals surface area contributed by atoms with Crippen molar-refractivity contribution in [1.82, 2.24) is 0 Å². The van der Waals surface area contributed by atoms with Gasteiger partial charge in [-0.1, -0.05) is 48.0 Å². The SMILES string of the molecule is Cc1ccc(S(=O)(=O)Nc2sc(-c3ccccc3)cc2C(N)=O)cc1. The zero-order valence-electron chi connectivity index (χ0n) is 13.4. The summed E-state index contributed by atoms with van der Waals surface area (Å²) in [4.78, 5) is 12.6. The molecule has 3 N–H and O–H groups in total. The molecule has 0 radical (unpaired) electrons. The highest BCUT2D eigenvalue weighted by atomic mass is 32.2. The molecule has 0 bridgehead atoms. The molecule has 0 saturated carbocycles. The Bertz CT molecular complexity index is 1010. The van der Waals surface area contributed by atoms with Crippen LogP contribution < -0.4 is 10.5 Å². The molecular weight excluding hydrogens is 356 g/mol. The van der Waals surface area contributed by atoms with Crippen LogP contribution in [0.1, 0.15) is 15.9 Å². The van der Waals surface area contributed by atoms with Crippen molar-refractivity contribution in [3.8, 4) is 10.4 Å². The van der Waals surface area contributed by atoms with E-state index in [0.29, 0.717) is 0 Å². The maximum Gasteiger partial charge on any atom is 0.262 e. The summed E-state index contributed by atoms with van der Waals surface area (Å²) >= 11 is 1.17. The third-order valence-electron chi connectivity index (χ3n) is 3.61. The summed E-state index contributed by atoms with van der Waals surface area (Å²) in [6.07, 6.45) is 0. The van der Waals surface area contributed by atoms with E-state index in [0.717, 1.165) is 16.0 Å². The van der Waals surface area contributed by atoms with E-state index in [1.54, 1.807) is 18.2 Å². The van der Waals surface area contributed by atoms with Crippen molar-refractivity contribution in [2.24, 2.45) is 5.73 Å². The van der Waals surface area contributed by atoms with E-state index in [-0.39, 0.29) is 15.5 Å². The molecule has 1 heterocycles. The standard InChI is InChI=1S/C18H16N2O3S2/c1-12-7-9-14(10-8-12)25(22,23)20-18-15(17(19)21)11-16(24-18)13-5-3-2-4-6-13/h2-11,20H,1H3,(H2,19,21). The van der Waals surface area contributed by atoms with Crippen molar-refractivity contribution in [2.75, 3.05) is 4.72 Å². The maximum absolute atomic E-state index is 12.6. The Hall–Kier alpha value is -2.64. The third kappa shape index (κ3) is 3.72. The number of hydrogen-bond donors (Lipinski definition) is 2. The topological polar surface area (TPSA) is 89.3 Å². The molecule has 0 atom stereocenters. The van der Waals surface area contributed by atoms with Crippen LogP contribution in [-0.4, -0.2) is 14.3 Å². The van der Waals surface area contributed by atoms with Crippen LogP contribution in [-0.2, 0) is 10.0 Å². The number of thiophene rings is 1. The molecule has 0 fully saturated rings. The Kier molecular flexibility index (Phi) is 4.61. The third-order valence-corrected chi connectivity index (χ3v) is 6.21. The lowest BCUT2D eigenvalue weighted by Gasteiger charge is -2.07.